The minimum atomic E-state index is -0.0644. The van der Waals surface area contributed by atoms with Crippen LogP contribution in [-0.2, 0) is 9.53 Å². The van der Waals surface area contributed by atoms with Crippen LogP contribution >= 0.6 is 0 Å². The van der Waals surface area contributed by atoms with Gasteiger partial charge in [0, 0.05) is 0 Å². The molecule has 2 aliphatic rings. The maximum Gasteiger partial charge on any atom is 0.320 e. The third-order valence-corrected chi connectivity index (χ3v) is 4.64. The van der Waals surface area contributed by atoms with Crippen molar-refractivity contribution in [1.29, 1.82) is 0 Å². The summed E-state index contributed by atoms with van der Waals surface area (Å²) in [5.41, 5.74) is 0. The third-order valence-electron chi connectivity index (χ3n) is 4.64. The maximum absolute atomic E-state index is 11.9. The van der Waals surface area contributed by atoms with Crippen LogP contribution in [0.4, 0.5) is 0 Å². The molecule has 3 heteroatoms. The van der Waals surface area contributed by atoms with Gasteiger partial charge in [-0.05, 0) is 55.9 Å². The largest absolute Gasteiger partial charge is 0.461 e. The molecule has 0 heterocycles. The summed E-state index contributed by atoms with van der Waals surface area (Å²) in [4.78, 5) is 11.9. The van der Waals surface area contributed by atoms with Gasteiger partial charge in [-0.15, -0.1) is 0 Å². The summed E-state index contributed by atoms with van der Waals surface area (Å²) in [7, 11) is 0. The lowest BCUT2D eigenvalue weighted by Crippen LogP contribution is -2.38. The Balaban J connectivity index is 1.74. The van der Waals surface area contributed by atoms with Crippen LogP contribution in [0.2, 0.25) is 0 Å². The molecule has 19 heavy (non-hydrogen) atoms. The van der Waals surface area contributed by atoms with Crippen molar-refractivity contribution in [3.05, 3.63) is 0 Å². The normalized spacial score (nSPS) is 31.5. The highest BCUT2D eigenvalue weighted by Crippen LogP contribution is 2.35. The van der Waals surface area contributed by atoms with Crippen molar-refractivity contribution in [2.75, 3.05) is 13.1 Å². The van der Waals surface area contributed by atoms with Crippen molar-refractivity contribution in [1.82, 2.24) is 5.32 Å². The minimum Gasteiger partial charge on any atom is -0.461 e. The molecule has 0 aromatic heterocycles. The van der Waals surface area contributed by atoms with Crippen LogP contribution in [0.5, 0.6) is 0 Å². The Morgan fingerprint density at radius 2 is 2.00 bits per heavy atom. The average Bonchev–Trinajstić information content (AvgIpc) is 3.12. The van der Waals surface area contributed by atoms with Crippen molar-refractivity contribution >= 4 is 5.97 Å². The first-order chi connectivity index (χ1) is 9.06. The summed E-state index contributed by atoms with van der Waals surface area (Å²) in [5.74, 6) is 2.58. The molecule has 3 unspecified atom stereocenters. The molecule has 1 N–H and O–H groups in total. The minimum absolute atomic E-state index is 0.0644. The van der Waals surface area contributed by atoms with Gasteiger partial charge in [0.1, 0.15) is 6.10 Å². The third kappa shape index (κ3) is 4.79. The molecule has 0 spiro atoms. The highest BCUT2D eigenvalue weighted by Gasteiger charge is 2.33. The van der Waals surface area contributed by atoms with Crippen LogP contribution in [0, 0.1) is 23.7 Å². The molecule has 0 aromatic carbocycles. The first kappa shape index (κ1) is 14.8. The fourth-order valence-electron chi connectivity index (χ4n) is 3.16. The second-order valence-corrected chi connectivity index (χ2v) is 6.93. The number of hydrogen-bond acceptors (Lipinski definition) is 3. The Morgan fingerprint density at radius 1 is 1.26 bits per heavy atom. The summed E-state index contributed by atoms with van der Waals surface area (Å²) >= 11 is 0. The summed E-state index contributed by atoms with van der Waals surface area (Å²) in [6.07, 6.45) is 6.29. The van der Waals surface area contributed by atoms with Gasteiger partial charge in [0.15, 0.2) is 0 Å². The van der Waals surface area contributed by atoms with E-state index < -0.39 is 0 Å². The molecule has 2 saturated carbocycles. The van der Waals surface area contributed by atoms with E-state index in [1.807, 2.05) is 0 Å². The molecule has 3 atom stereocenters. The zero-order valence-electron chi connectivity index (χ0n) is 12.7. The maximum atomic E-state index is 11.9. The second-order valence-electron chi connectivity index (χ2n) is 6.93. The Labute approximate surface area is 117 Å². The molecule has 3 nitrogen and oxygen atoms in total. The van der Waals surface area contributed by atoms with Crippen LogP contribution in [0.3, 0.4) is 0 Å². The molecule has 0 bridgehead atoms. The molecule has 0 saturated heterocycles. The fraction of sp³-hybridized carbons (Fsp3) is 0.938. The molecule has 2 rings (SSSR count). The second kappa shape index (κ2) is 6.74. The van der Waals surface area contributed by atoms with Crippen LogP contribution < -0.4 is 5.32 Å². The monoisotopic (exact) mass is 267 g/mol. The summed E-state index contributed by atoms with van der Waals surface area (Å²) < 4.78 is 5.74. The van der Waals surface area contributed by atoms with Gasteiger partial charge in [-0.3, -0.25) is 4.79 Å². The molecule has 0 aliphatic heterocycles. The van der Waals surface area contributed by atoms with Gasteiger partial charge in [-0.2, -0.15) is 0 Å². The van der Waals surface area contributed by atoms with E-state index in [2.05, 4.69) is 26.1 Å². The number of nitrogens with one attached hydrogen (secondary N) is 1. The first-order valence-corrected chi connectivity index (χ1v) is 7.96. The number of rotatable bonds is 6. The van der Waals surface area contributed by atoms with Crippen LogP contribution in [0.15, 0.2) is 0 Å². The zero-order valence-corrected chi connectivity index (χ0v) is 12.7. The van der Waals surface area contributed by atoms with Gasteiger partial charge in [0.2, 0.25) is 0 Å². The van der Waals surface area contributed by atoms with E-state index in [-0.39, 0.29) is 12.1 Å². The predicted octanol–water partition coefficient (Wildman–Crippen LogP) is 2.99. The molecule has 0 radical (unpaired) electrons. The lowest BCUT2D eigenvalue weighted by atomic mass is 9.75. The van der Waals surface area contributed by atoms with E-state index in [4.69, 9.17) is 4.74 Å². The summed E-state index contributed by atoms with van der Waals surface area (Å²) in [5, 5.41) is 3.22. The Bertz CT molecular complexity index is 299. The molecule has 2 aliphatic carbocycles. The van der Waals surface area contributed by atoms with E-state index in [1.165, 1.54) is 25.7 Å². The molecule has 0 amide bonds. The highest BCUT2D eigenvalue weighted by molar-refractivity contribution is 5.71. The number of ether oxygens (including phenoxy) is 1. The van der Waals surface area contributed by atoms with E-state index in [0.717, 1.165) is 18.9 Å². The van der Waals surface area contributed by atoms with Crippen LogP contribution in [0.1, 0.15) is 52.9 Å². The number of hydrogen-bond donors (Lipinski definition) is 1. The van der Waals surface area contributed by atoms with E-state index in [1.54, 1.807) is 0 Å². The van der Waals surface area contributed by atoms with Gasteiger partial charge in [0.05, 0.1) is 6.54 Å². The summed E-state index contributed by atoms with van der Waals surface area (Å²) in [6, 6.07) is 0. The standard InChI is InChI=1S/C16H29NO2/c1-11(2)14-7-4-12(3)8-15(14)19-16(18)10-17-9-13-5-6-13/h11-15,17H,4-10H2,1-3H3. The van der Waals surface area contributed by atoms with Gasteiger partial charge >= 0.3 is 5.97 Å². The fourth-order valence-corrected chi connectivity index (χ4v) is 3.16. The Hall–Kier alpha value is -0.570. The quantitative estimate of drug-likeness (QED) is 0.752. The smallest absolute Gasteiger partial charge is 0.320 e. The van der Waals surface area contributed by atoms with Gasteiger partial charge < -0.3 is 10.1 Å². The SMILES string of the molecule is CC1CCC(C(C)C)C(OC(=O)CNCC2CC2)C1. The van der Waals surface area contributed by atoms with Crippen molar-refractivity contribution in [2.45, 2.75) is 59.0 Å². The van der Waals surface area contributed by atoms with Gasteiger partial charge in [-0.1, -0.05) is 27.2 Å². The Morgan fingerprint density at radius 3 is 2.63 bits per heavy atom. The Kier molecular flexibility index (Phi) is 5.26. The molecular weight excluding hydrogens is 238 g/mol. The van der Waals surface area contributed by atoms with E-state index >= 15 is 0 Å². The number of carbonyl (C=O) groups is 1. The van der Waals surface area contributed by atoms with Crippen molar-refractivity contribution < 1.29 is 9.53 Å². The molecule has 2 fully saturated rings. The average molecular weight is 267 g/mol. The lowest BCUT2D eigenvalue weighted by molar-refractivity contribution is -0.154. The highest BCUT2D eigenvalue weighted by atomic mass is 16.5. The van der Waals surface area contributed by atoms with E-state index in [0.29, 0.717) is 24.3 Å². The topological polar surface area (TPSA) is 38.3 Å². The van der Waals surface area contributed by atoms with Crippen molar-refractivity contribution in [3.8, 4) is 0 Å². The molecule has 0 aromatic rings. The van der Waals surface area contributed by atoms with Gasteiger partial charge in [0.25, 0.3) is 0 Å². The lowest BCUT2D eigenvalue weighted by Gasteiger charge is -2.36. The zero-order chi connectivity index (χ0) is 13.8. The molecule has 110 valence electrons. The van der Waals surface area contributed by atoms with Crippen molar-refractivity contribution in [3.63, 3.8) is 0 Å². The number of esters is 1. The summed E-state index contributed by atoms with van der Waals surface area (Å²) in [6.45, 7) is 8.11. The van der Waals surface area contributed by atoms with Crippen LogP contribution in [-0.4, -0.2) is 25.2 Å². The van der Waals surface area contributed by atoms with Gasteiger partial charge in [-0.25, -0.2) is 0 Å². The van der Waals surface area contributed by atoms with Crippen molar-refractivity contribution in [2.24, 2.45) is 23.7 Å². The predicted molar refractivity (Wildman–Crippen MR) is 76.8 cm³/mol. The van der Waals surface area contributed by atoms with E-state index in [9.17, 15) is 4.79 Å². The van der Waals surface area contributed by atoms with Crippen LogP contribution in [0.25, 0.3) is 0 Å². The number of carbonyl (C=O) groups excluding carboxylic acids is 1. The first-order valence-electron chi connectivity index (χ1n) is 7.96. The molecular formula is C16H29NO2.